The van der Waals surface area contributed by atoms with Gasteiger partial charge in [-0.05, 0) is 42.9 Å². The smallest absolute Gasteiger partial charge is 0.269 e. The van der Waals surface area contributed by atoms with Gasteiger partial charge in [-0.1, -0.05) is 38.7 Å². The van der Waals surface area contributed by atoms with E-state index in [9.17, 15) is 14.9 Å². The summed E-state index contributed by atoms with van der Waals surface area (Å²) in [7, 11) is 0. The van der Waals surface area contributed by atoms with E-state index >= 15 is 0 Å². The molecule has 0 heterocycles. The van der Waals surface area contributed by atoms with Crippen molar-refractivity contribution in [2.45, 2.75) is 39.0 Å². The third kappa shape index (κ3) is 7.87. The third-order valence-electron chi connectivity index (χ3n) is 4.18. The summed E-state index contributed by atoms with van der Waals surface area (Å²) in [6, 6.07) is 12.7. The van der Waals surface area contributed by atoms with Crippen molar-refractivity contribution < 1.29 is 14.5 Å². The van der Waals surface area contributed by atoms with Crippen LogP contribution in [0.4, 0.5) is 11.4 Å². The summed E-state index contributed by atoms with van der Waals surface area (Å²) in [5.41, 5.74) is 0.895. The molecule has 2 N–H and O–H groups in total. The van der Waals surface area contributed by atoms with Crippen LogP contribution in [0.1, 0.15) is 49.4 Å². The fourth-order valence-corrected chi connectivity index (χ4v) is 2.84. The number of amides is 1. The Bertz CT molecular complexity index is 840. The summed E-state index contributed by atoms with van der Waals surface area (Å²) in [6.45, 7) is 2.85. The summed E-state index contributed by atoms with van der Waals surface area (Å²) >= 11 is 5.18. The summed E-state index contributed by atoms with van der Waals surface area (Å²) < 4.78 is 5.76. The van der Waals surface area contributed by atoms with Gasteiger partial charge in [-0.2, -0.15) is 0 Å². The summed E-state index contributed by atoms with van der Waals surface area (Å²) in [4.78, 5) is 22.4. The zero-order valence-electron chi connectivity index (χ0n) is 16.3. The molecule has 8 heteroatoms. The van der Waals surface area contributed by atoms with Crippen molar-refractivity contribution in [3.8, 4) is 5.75 Å². The number of anilines is 1. The van der Waals surface area contributed by atoms with E-state index in [1.165, 1.54) is 43.5 Å². The molecule has 0 aliphatic rings. The second-order valence-corrected chi connectivity index (χ2v) is 6.91. The zero-order chi connectivity index (χ0) is 21.1. The van der Waals surface area contributed by atoms with Crippen LogP contribution in [-0.4, -0.2) is 22.5 Å². The molecule has 154 valence electrons. The average molecular weight is 416 g/mol. The molecule has 0 aliphatic carbocycles. The Morgan fingerprint density at radius 3 is 2.52 bits per heavy atom. The maximum atomic E-state index is 12.2. The normalized spacial score (nSPS) is 10.2. The van der Waals surface area contributed by atoms with Crippen LogP contribution >= 0.6 is 12.2 Å². The Hall–Kier alpha value is -3.00. The van der Waals surface area contributed by atoms with Gasteiger partial charge in [0, 0.05) is 29.4 Å². The number of hydrogen-bond donors (Lipinski definition) is 2. The standard InChI is InChI=1S/C21H25N3O4S/c1-2-3-4-5-6-14-28-19-9-7-8-17(15-19)22-21(29)23-20(25)16-10-12-18(13-11-16)24(26)27/h7-13,15H,2-6,14H2,1H3,(H2,22,23,25,29). The summed E-state index contributed by atoms with van der Waals surface area (Å²) in [5.74, 6) is 0.284. The second-order valence-electron chi connectivity index (χ2n) is 6.50. The number of unbranched alkanes of at least 4 members (excludes halogenated alkanes) is 4. The van der Waals surface area contributed by atoms with E-state index in [2.05, 4.69) is 17.6 Å². The van der Waals surface area contributed by atoms with E-state index in [0.29, 0.717) is 12.3 Å². The van der Waals surface area contributed by atoms with Gasteiger partial charge in [-0.25, -0.2) is 0 Å². The van der Waals surface area contributed by atoms with Gasteiger partial charge < -0.3 is 10.1 Å². The summed E-state index contributed by atoms with van der Waals surface area (Å²) in [6.07, 6.45) is 5.87. The highest BCUT2D eigenvalue weighted by molar-refractivity contribution is 7.80. The molecule has 0 aliphatic heterocycles. The number of carbonyl (C=O) groups excluding carboxylic acids is 1. The molecule has 2 aromatic rings. The highest BCUT2D eigenvalue weighted by Crippen LogP contribution is 2.18. The van der Waals surface area contributed by atoms with Gasteiger partial charge in [-0.15, -0.1) is 0 Å². The monoisotopic (exact) mass is 415 g/mol. The molecule has 0 spiro atoms. The number of nitrogens with one attached hydrogen (secondary N) is 2. The van der Waals surface area contributed by atoms with E-state index in [4.69, 9.17) is 17.0 Å². The van der Waals surface area contributed by atoms with Crippen LogP contribution in [0.5, 0.6) is 5.75 Å². The first kappa shape index (κ1) is 22.3. The number of rotatable bonds is 10. The highest BCUT2D eigenvalue weighted by atomic mass is 32.1. The molecule has 29 heavy (non-hydrogen) atoms. The Labute approximate surface area is 175 Å². The molecule has 0 saturated heterocycles. The van der Waals surface area contributed by atoms with E-state index in [1.807, 2.05) is 24.3 Å². The fourth-order valence-electron chi connectivity index (χ4n) is 2.63. The van der Waals surface area contributed by atoms with Crippen molar-refractivity contribution >= 4 is 34.6 Å². The first-order valence-electron chi connectivity index (χ1n) is 9.59. The molecule has 0 saturated carbocycles. The van der Waals surface area contributed by atoms with Gasteiger partial charge in [0.2, 0.25) is 0 Å². The molecule has 0 bridgehead atoms. The van der Waals surface area contributed by atoms with Crippen LogP contribution in [-0.2, 0) is 0 Å². The molecular formula is C21H25N3O4S. The minimum atomic E-state index is -0.520. The van der Waals surface area contributed by atoms with Crippen LogP contribution in [0.25, 0.3) is 0 Å². The van der Waals surface area contributed by atoms with Gasteiger partial charge >= 0.3 is 0 Å². The fraction of sp³-hybridized carbons (Fsp3) is 0.333. The Balaban J connectivity index is 1.82. The Morgan fingerprint density at radius 1 is 1.10 bits per heavy atom. The maximum absolute atomic E-state index is 12.2. The number of nitro groups is 1. The highest BCUT2D eigenvalue weighted by Gasteiger charge is 2.11. The number of ether oxygens (including phenoxy) is 1. The number of carbonyl (C=O) groups is 1. The molecule has 0 unspecified atom stereocenters. The van der Waals surface area contributed by atoms with Crippen molar-refractivity contribution in [3.63, 3.8) is 0 Å². The van der Waals surface area contributed by atoms with Gasteiger partial charge in [0.25, 0.3) is 11.6 Å². The van der Waals surface area contributed by atoms with Crippen molar-refractivity contribution in [1.82, 2.24) is 5.32 Å². The third-order valence-corrected chi connectivity index (χ3v) is 4.38. The van der Waals surface area contributed by atoms with Crippen LogP contribution in [0.2, 0.25) is 0 Å². The zero-order valence-corrected chi connectivity index (χ0v) is 17.2. The molecule has 0 radical (unpaired) electrons. The Kier molecular flexibility index (Phi) is 9.04. The van der Waals surface area contributed by atoms with Crippen LogP contribution in [0, 0.1) is 10.1 Å². The molecule has 0 fully saturated rings. The number of benzene rings is 2. The lowest BCUT2D eigenvalue weighted by Crippen LogP contribution is -2.34. The lowest BCUT2D eigenvalue weighted by atomic mass is 10.2. The van der Waals surface area contributed by atoms with Crippen LogP contribution < -0.4 is 15.4 Å². The van der Waals surface area contributed by atoms with E-state index in [0.717, 1.165) is 18.6 Å². The SMILES string of the molecule is CCCCCCCOc1cccc(NC(=S)NC(=O)c2ccc([N+](=O)[O-])cc2)c1. The van der Waals surface area contributed by atoms with Gasteiger partial charge in [0.15, 0.2) is 5.11 Å². The van der Waals surface area contributed by atoms with E-state index < -0.39 is 10.8 Å². The predicted octanol–water partition coefficient (Wildman–Crippen LogP) is 5.07. The van der Waals surface area contributed by atoms with Crippen molar-refractivity contribution in [3.05, 3.63) is 64.2 Å². The lowest BCUT2D eigenvalue weighted by molar-refractivity contribution is -0.384. The van der Waals surface area contributed by atoms with Crippen molar-refractivity contribution in [2.24, 2.45) is 0 Å². The second kappa shape index (κ2) is 11.8. The van der Waals surface area contributed by atoms with Crippen molar-refractivity contribution in [1.29, 1.82) is 0 Å². The van der Waals surface area contributed by atoms with E-state index in [1.54, 1.807) is 0 Å². The Morgan fingerprint density at radius 2 is 1.83 bits per heavy atom. The van der Waals surface area contributed by atoms with Gasteiger partial charge in [0.05, 0.1) is 11.5 Å². The molecule has 0 aromatic heterocycles. The maximum Gasteiger partial charge on any atom is 0.269 e. The number of non-ortho nitro benzene ring substituents is 1. The largest absolute Gasteiger partial charge is 0.494 e. The van der Waals surface area contributed by atoms with Crippen LogP contribution in [0.15, 0.2) is 48.5 Å². The van der Waals surface area contributed by atoms with Gasteiger partial charge in [0.1, 0.15) is 5.75 Å². The molecule has 2 rings (SSSR count). The van der Waals surface area contributed by atoms with Crippen LogP contribution in [0.3, 0.4) is 0 Å². The lowest BCUT2D eigenvalue weighted by Gasteiger charge is -2.11. The molecule has 0 atom stereocenters. The van der Waals surface area contributed by atoms with E-state index in [-0.39, 0.29) is 16.4 Å². The number of thiocarbonyl (C=S) groups is 1. The summed E-state index contributed by atoms with van der Waals surface area (Å²) in [5, 5.41) is 16.3. The predicted molar refractivity (Wildman–Crippen MR) is 117 cm³/mol. The molecule has 7 nitrogen and oxygen atoms in total. The minimum absolute atomic E-state index is 0.0792. The first-order valence-corrected chi connectivity index (χ1v) is 10.00. The minimum Gasteiger partial charge on any atom is -0.494 e. The topological polar surface area (TPSA) is 93.5 Å². The average Bonchev–Trinajstić information content (AvgIpc) is 2.71. The number of nitrogens with zero attached hydrogens (tertiary/aromatic N) is 1. The molecule has 2 aromatic carbocycles. The quantitative estimate of drug-likeness (QED) is 0.243. The molecule has 1 amide bonds. The van der Waals surface area contributed by atoms with Gasteiger partial charge in [-0.3, -0.25) is 20.2 Å². The number of hydrogen-bond acceptors (Lipinski definition) is 5. The molecular weight excluding hydrogens is 390 g/mol. The van der Waals surface area contributed by atoms with Crippen molar-refractivity contribution in [2.75, 3.05) is 11.9 Å². The number of nitro benzene ring substituents is 1. The first-order chi connectivity index (χ1) is 14.0.